The van der Waals surface area contributed by atoms with Gasteiger partial charge in [-0.1, -0.05) is 18.2 Å². The van der Waals surface area contributed by atoms with Crippen LogP contribution in [-0.2, 0) is 0 Å². The number of fused-ring (bicyclic) bond motifs is 6. The second-order valence-corrected chi connectivity index (χ2v) is 16.9. The van der Waals surface area contributed by atoms with Gasteiger partial charge in [0.15, 0.2) is 0 Å². The molecular weight excluding hydrogens is 697 g/mol. The summed E-state index contributed by atoms with van der Waals surface area (Å²) in [6, 6.07) is 61.5. The maximum atomic E-state index is 2.54. The Morgan fingerprint density at radius 3 is 1.57 bits per heavy atom. The first-order valence-electron chi connectivity index (χ1n) is 16.1. The Morgan fingerprint density at radius 1 is 0.340 bits per heavy atom. The molecule has 47 heavy (non-hydrogen) atoms. The Labute approximate surface area is 287 Å². The van der Waals surface area contributed by atoms with Crippen LogP contribution in [0, 0.1) is 0 Å². The summed E-state index contributed by atoms with van der Waals surface area (Å²) in [5, 5.41) is 5.17. The molecule has 2 heterocycles. The summed E-state index contributed by atoms with van der Waals surface area (Å²) in [5.41, 5.74) is 12.3. The van der Waals surface area contributed by atoms with Gasteiger partial charge < -0.3 is 0 Å². The SMILES string of the molecule is c1ccc(-c2c3ccccc3c(-c3ccccc3-c3ccc4c(c3)B3c5ccccc5[Se]c5cccc(c53)[Se]4)c3ccccc23)cc1. The smallest absolute Gasteiger partial charge is 0.0617 e. The van der Waals surface area contributed by atoms with Crippen LogP contribution in [-0.4, -0.2) is 36.6 Å². The van der Waals surface area contributed by atoms with Crippen molar-refractivity contribution in [1.29, 1.82) is 0 Å². The summed E-state index contributed by atoms with van der Waals surface area (Å²) in [6.45, 7) is 0.303. The second kappa shape index (κ2) is 11.0. The average Bonchev–Trinajstić information content (AvgIpc) is 3.14. The molecule has 3 heteroatoms. The van der Waals surface area contributed by atoms with Crippen LogP contribution in [0.4, 0.5) is 0 Å². The van der Waals surface area contributed by atoms with Gasteiger partial charge in [-0.2, -0.15) is 0 Å². The molecule has 0 fully saturated rings. The van der Waals surface area contributed by atoms with E-state index in [0.717, 1.165) is 0 Å². The van der Waals surface area contributed by atoms with Gasteiger partial charge in [0, 0.05) is 0 Å². The van der Waals surface area contributed by atoms with Crippen molar-refractivity contribution >= 4 is 92.4 Å². The van der Waals surface area contributed by atoms with Gasteiger partial charge in [0.1, 0.15) is 0 Å². The molecule has 0 bridgehead atoms. The molecule has 218 valence electrons. The van der Waals surface area contributed by atoms with E-state index in [1.54, 1.807) is 14.4 Å². The Balaban J connectivity index is 1.22. The van der Waals surface area contributed by atoms with Gasteiger partial charge in [-0.25, -0.2) is 0 Å². The molecule has 0 radical (unpaired) electrons. The molecule has 0 N–H and O–H groups in total. The minimum atomic E-state index is 0.303. The molecule has 8 aromatic carbocycles. The predicted octanol–water partition coefficient (Wildman–Crippen LogP) is 5.45. The van der Waals surface area contributed by atoms with Crippen LogP contribution in [0.3, 0.4) is 0 Å². The van der Waals surface area contributed by atoms with Crippen LogP contribution < -0.4 is 34.2 Å². The zero-order valence-corrected chi connectivity index (χ0v) is 28.9. The van der Waals surface area contributed by atoms with Crippen molar-refractivity contribution in [3.8, 4) is 33.4 Å². The molecule has 0 saturated heterocycles. The van der Waals surface area contributed by atoms with E-state index < -0.39 is 0 Å². The van der Waals surface area contributed by atoms with Crippen molar-refractivity contribution in [1.82, 2.24) is 0 Å². The monoisotopic (exact) mass is 726 g/mol. The van der Waals surface area contributed by atoms with Gasteiger partial charge in [-0.3, -0.25) is 0 Å². The number of hydrogen-bond donors (Lipinski definition) is 0. The molecule has 10 rings (SSSR count). The van der Waals surface area contributed by atoms with Gasteiger partial charge >= 0.3 is 271 Å². The minimum absolute atomic E-state index is 0.303. The van der Waals surface area contributed by atoms with Crippen molar-refractivity contribution in [3.05, 3.63) is 164 Å². The molecule has 0 unspecified atom stereocenters. The number of rotatable bonds is 3. The molecule has 2 aliphatic heterocycles. The summed E-state index contributed by atoms with van der Waals surface area (Å²) in [4.78, 5) is 0. The molecule has 2 aliphatic rings. The summed E-state index contributed by atoms with van der Waals surface area (Å²) < 4.78 is 6.17. The van der Waals surface area contributed by atoms with Crippen molar-refractivity contribution < 1.29 is 0 Å². The van der Waals surface area contributed by atoms with Crippen LogP contribution in [0.1, 0.15) is 0 Å². The maximum absolute atomic E-state index is 2.54. The first-order chi connectivity index (χ1) is 23.3. The summed E-state index contributed by atoms with van der Waals surface area (Å²) in [7, 11) is 0. The minimum Gasteiger partial charge on any atom is -0.0617 e. The van der Waals surface area contributed by atoms with Gasteiger partial charge in [0.2, 0.25) is 0 Å². The third-order valence-corrected chi connectivity index (χ3v) is 14.7. The fourth-order valence-corrected chi connectivity index (χ4v) is 13.0. The zero-order valence-electron chi connectivity index (χ0n) is 25.5. The molecule has 0 saturated carbocycles. The summed E-state index contributed by atoms with van der Waals surface area (Å²) in [6.07, 6.45) is 0. The molecular formula is C44H27BSe2. The van der Waals surface area contributed by atoms with Crippen LogP contribution in [0.2, 0.25) is 0 Å². The van der Waals surface area contributed by atoms with E-state index >= 15 is 0 Å². The van der Waals surface area contributed by atoms with Gasteiger partial charge in [0.05, 0.1) is 0 Å². The Hall–Kier alpha value is -4.62. The third-order valence-electron chi connectivity index (χ3n) is 9.81. The van der Waals surface area contributed by atoms with Crippen molar-refractivity contribution in [2.24, 2.45) is 0 Å². The van der Waals surface area contributed by atoms with E-state index in [4.69, 9.17) is 0 Å². The van der Waals surface area contributed by atoms with Crippen LogP contribution in [0.25, 0.3) is 54.9 Å². The Kier molecular flexibility index (Phi) is 6.43. The Bertz CT molecular complexity index is 2460. The van der Waals surface area contributed by atoms with Crippen LogP contribution in [0.5, 0.6) is 0 Å². The van der Waals surface area contributed by atoms with Gasteiger partial charge in [0.25, 0.3) is 0 Å². The topological polar surface area (TPSA) is 0 Å². The van der Waals surface area contributed by atoms with Crippen LogP contribution in [0.15, 0.2) is 164 Å². The summed E-state index contributed by atoms with van der Waals surface area (Å²) in [5.74, 6) is 0. The average molecular weight is 724 g/mol. The zero-order chi connectivity index (χ0) is 30.9. The Morgan fingerprint density at radius 2 is 0.872 bits per heavy atom. The standard InChI is InChI=1S/C44H27BSe2/c1-2-13-28(14-3-1)42-32-17-6-8-19-34(32)43(35-20-9-7-18-33(35)42)31-16-5-4-15-30(31)29-25-26-39-37(27-29)45-36-21-10-11-22-38(36)46-40-23-12-24-41(47-39)44(40)45/h1-27H. The molecule has 0 nitrogen and oxygen atoms in total. The van der Waals surface area contributed by atoms with Gasteiger partial charge in [-0.05, 0) is 0 Å². The van der Waals surface area contributed by atoms with E-state index in [9.17, 15) is 0 Å². The van der Waals surface area contributed by atoms with Crippen molar-refractivity contribution in [3.63, 3.8) is 0 Å². The van der Waals surface area contributed by atoms with E-state index in [0.29, 0.717) is 36.6 Å². The quantitative estimate of drug-likeness (QED) is 0.168. The van der Waals surface area contributed by atoms with Crippen molar-refractivity contribution in [2.45, 2.75) is 0 Å². The van der Waals surface area contributed by atoms with Gasteiger partial charge in [-0.15, -0.1) is 0 Å². The van der Waals surface area contributed by atoms with Crippen LogP contribution >= 0.6 is 0 Å². The molecule has 0 amide bonds. The second-order valence-electron chi connectivity index (χ2n) is 12.3. The molecule has 0 aromatic heterocycles. The third kappa shape index (κ3) is 4.29. The molecule has 0 aliphatic carbocycles. The number of hydrogen-bond acceptors (Lipinski definition) is 0. The molecule has 8 aromatic rings. The molecule has 0 spiro atoms. The first kappa shape index (κ1) is 27.5. The fourth-order valence-electron chi connectivity index (χ4n) is 7.84. The summed E-state index contributed by atoms with van der Waals surface area (Å²) >= 11 is 0.654. The van der Waals surface area contributed by atoms with E-state index in [1.807, 2.05) is 0 Å². The van der Waals surface area contributed by atoms with Crippen molar-refractivity contribution in [2.75, 3.05) is 0 Å². The predicted molar refractivity (Wildman–Crippen MR) is 205 cm³/mol. The first-order valence-corrected chi connectivity index (χ1v) is 19.6. The number of benzene rings is 8. The normalized spacial score (nSPS) is 12.9. The van der Waals surface area contributed by atoms with E-state index in [1.165, 1.54) is 74.8 Å². The van der Waals surface area contributed by atoms with E-state index in [-0.39, 0.29) is 0 Å². The van der Waals surface area contributed by atoms with E-state index in [2.05, 4.69) is 164 Å². The molecule has 0 atom stereocenters. The fraction of sp³-hybridized carbons (Fsp3) is 0.